The highest BCUT2D eigenvalue weighted by Gasteiger charge is 2.21. The fourth-order valence-corrected chi connectivity index (χ4v) is 2.09. The Labute approximate surface area is 118 Å². The molecular weight excluding hydrogens is 259 g/mol. The minimum Gasteiger partial charge on any atom is -0.491 e. The molecule has 1 heterocycles. The van der Waals surface area contributed by atoms with Crippen molar-refractivity contribution in [3.63, 3.8) is 0 Å². The maximum Gasteiger partial charge on any atom is 0.123 e. The maximum atomic E-state index is 12.8. The Morgan fingerprint density at radius 2 is 2.10 bits per heavy atom. The summed E-state index contributed by atoms with van der Waals surface area (Å²) in [6, 6.07) is 5.97. The van der Waals surface area contributed by atoms with Crippen LogP contribution in [0, 0.1) is 17.7 Å². The first-order valence-electron chi connectivity index (χ1n) is 6.91. The van der Waals surface area contributed by atoms with E-state index in [0.29, 0.717) is 18.8 Å². The van der Waals surface area contributed by atoms with Crippen molar-refractivity contribution in [1.29, 1.82) is 0 Å². The number of rotatable bonds is 4. The van der Waals surface area contributed by atoms with E-state index in [0.717, 1.165) is 19.3 Å². The molecule has 1 fully saturated rings. The smallest absolute Gasteiger partial charge is 0.123 e. The Balaban J connectivity index is 1.78. The number of aliphatic hydroxyl groups excluding tert-OH is 1. The van der Waals surface area contributed by atoms with Gasteiger partial charge in [0, 0.05) is 6.42 Å². The van der Waals surface area contributed by atoms with Gasteiger partial charge in [-0.2, -0.15) is 0 Å². The lowest BCUT2D eigenvalue weighted by Gasteiger charge is -2.27. The van der Waals surface area contributed by atoms with Crippen molar-refractivity contribution in [3.05, 3.63) is 30.1 Å². The summed E-state index contributed by atoms with van der Waals surface area (Å²) in [7, 11) is 0. The molecular formula is C16H19FO3. The van der Waals surface area contributed by atoms with Crippen molar-refractivity contribution in [1.82, 2.24) is 0 Å². The van der Waals surface area contributed by atoms with Crippen molar-refractivity contribution in [2.75, 3.05) is 13.2 Å². The van der Waals surface area contributed by atoms with Gasteiger partial charge in [0.2, 0.25) is 0 Å². The highest BCUT2D eigenvalue weighted by Crippen LogP contribution is 2.20. The topological polar surface area (TPSA) is 38.7 Å². The molecule has 0 spiro atoms. The molecule has 2 rings (SSSR count). The van der Waals surface area contributed by atoms with Crippen LogP contribution >= 0.6 is 0 Å². The first-order chi connectivity index (χ1) is 9.78. The SMILES string of the molecule is OCCC#CC1CCC[C@@H](COc2ccc(F)cc2)O1. The molecule has 1 aliphatic heterocycles. The van der Waals surface area contributed by atoms with Gasteiger partial charge in [0.1, 0.15) is 24.3 Å². The standard InChI is InChI=1S/C16H19FO3/c17-13-7-9-14(10-8-13)19-12-16-6-3-5-15(20-16)4-1-2-11-18/h7-10,15-16,18H,2-3,5-6,11-12H2/t15?,16-/m0/s1. The van der Waals surface area contributed by atoms with Crippen molar-refractivity contribution >= 4 is 0 Å². The third-order valence-corrected chi connectivity index (χ3v) is 3.10. The number of benzene rings is 1. The van der Waals surface area contributed by atoms with Crippen LogP contribution in [0.1, 0.15) is 25.7 Å². The summed E-state index contributed by atoms with van der Waals surface area (Å²) in [4.78, 5) is 0. The summed E-state index contributed by atoms with van der Waals surface area (Å²) < 4.78 is 24.2. The largest absolute Gasteiger partial charge is 0.491 e. The van der Waals surface area contributed by atoms with Gasteiger partial charge >= 0.3 is 0 Å². The third kappa shape index (κ3) is 4.84. The van der Waals surface area contributed by atoms with Gasteiger partial charge in [-0.3, -0.25) is 0 Å². The summed E-state index contributed by atoms with van der Waals surface area (Å²) in [6.45, 7) is 0.528. The first-order valence-corrected chi connectivity index (χ1v) is 6.91. The Bertz CT molecular complexity index is 461. The van der Waals surface area contributed by atoms with E-state index in [1.807, 2.05) is 0 Å². The molecule has 4 heteroatoms. The minimum absolute atomic E-state index is 0.0160. The lowest BCUT2D eigenvalue weighted by atomic mass is 10.0. The van der Waals surface area contributed by atoms with E-state index >= 15 is 0 Å². The summed E-state index contributed by atoms with van der Waals surface area (Å²) in [5, 5.41) is 8.69. The summed E-state index contributed by atoms with van der Waals surface area (Å²) in [6.07, 6.45) is 3.34. The van der Waals surface area contributed by atoms with Gasteiger partial charge in [-0.05, 0) is 43.5 Å². The van der Waals surface area contributed by atoms with Gasteiger partial charge in [-0.25, -0.2) is 4.39 Å². The summed E-state index contributed by atoms with van der Waals surface area (Å²) >= 11 is 0. The van der Waals surface area contributed by atoms with Crippen molar-refractivity contribution in [2.45, 2.75) is 37.9 Å². The average molecular weight is 278 g/mol. The zero-order valence-electron chi connectivity index (χ0n) is 11.3. The molecule has 1 aromatic rings. The molecule has 20 heavy (non-hydrogen) atoms. The van der Waals surface area contributed by atoms with Crippen LogP contribution in [0.5, 0.6) is 5.75 Å². The van der Waals surface area contributed by atoms with E-state index in [9.17, 15) is 4.39 Å². The van der Waals surface area contributed by atoms with E-state index in [2.05, 4.69) is 11.8 Å². The van der Waals surface area contributed by atoms with Crippen molar-refractivity contribution < 1.29 is 19.0 Å². The zero-order valence-corrected chi connectivity index (χ0v) is 11.3. The number of aliphatic hydroxyl groups is 1. The van der Waals surface area contributed by atoms with E-state index in [4.69, 9.17) is 14.6 Å². The van der Waals surface area contributed by atoms with Gasteiger partial charge in [0.25, 0.3) is 0 Å². The highest BCUT2D eigenvalue weighted by atomic mass is 19.1. The number of halogens is 1. The first kappa shape index (κ1) is 14.8. The van der Waals surface area contributed by atoms with Crippen LogP contribution in [0.25, 0.3) is 0 Å². The molecule has 1 N–H and O–H groups in total. The molecule has 0 aliphatic carbocycles. The highest BCUT2D eigenvalue weighted by molar-refractivity contribution is 5.22. The lowest BCUT2D eigenvalue weighted by molar-refractivity contribution is -0.0419. The Morgan fingerprint density at radius 3 is 2.85 bits per heavy atom. The van der Waals surface area contributed by atoms with Gasteiger partial charge in [0.15, 0.2) is 0 Å². The molecule has 108 valence electrons. The fourth-order valence-electron chi connectivity index (χ4n) is 2.09. The molecule has 1 aromatic carbocycles. The lowest BCUT2D eigenvalue weighted by Crippen LogP contribution is -2.31. The molecule has 0 saturated carbocycles. The second-order valence-corrected chi connectivity index (χ2v) is 4.74. The quantitative estimate of drug-likeness (QED) is 0.860. The van der Waals surface area contributed by atoms with E-state index < -0.39 is 0 Å². The third-order valence-electron chi connectivity index (χ3n) is 3.10. The monoisotopic (exact) mass is 278 g/mol. The number of hydrogen-bond acceptors (Lipinski definition) is 3. The minimum atomic E-state index is -0.273. The zero-order chi connectivity index (χ0) is 14.2. The molecule has 1 aliphatic rings. The molecule has 0 radical (unpaired) electrons. The van der Waals surface area contributed by atoms with Gasteiger partial charge in [-0.1, -0.05) is 11.8 Å². The Kier molecular flexibility index (Phi) is 5.85. The second kappa shape index (κ2) is 7.88. The number of ether oxygens (including phenoxy) is 2. The normalized spacial score (nSPS) is 21.9. The van der Waals surface area contributed by atoms with Crippen LogP contribution in [0.4, 0.5) is 4.39 Å². The van der Waals surface area contributed by atoms with Crippen molar-refractivity contribution in [3.8, 4) is 17.6 Å². The van der Waals surface area contributed by atoms with Crippen LogP contribution in [0.2, 0.25) is 0 Å². The molecule has 3 nitrogen and oxygen atoms in total. The van der Waals surface area contributed by atoms with E-state index in [1.165, 1.54) is 12.1 Å². The van der Waals surface area contributed by atoms with E-state index in [-0.39, 0.29) is 24.6 Å². The predicted molar refractivity (Wildman–Crippen MR) is 73.9 cm³/mol. The van der Waals surface area contributed by atoms with Gasteiger partial charge < -0.3 is 14.6 Å². The van der Waals surface area contributed by atoms with Gasteiger partial charge in [-0.15, -0.1) is 0 Å². The summed E-state index contributed by atoms with van der Waals surface area (Å²) in [5.41, 5.74) is 0. The second-order valence-electron chi connectivity index (χ2n) is 4.74. The molecule has 0 bridgehead atoms. The van der Waals surface area contributed by atoms with Crippen LogP contribution in [0.15, 0.2) is 24.3 Å². The molecule has 1 unspecified atom stereocenters. The molecule has 1 saturated heterocycles. The maximum absolute atomic E-state index is 12.8. The Hall–Kier alpha value is -1.57. The van der Waals surface area contributed by atoms with Crippen LogP contribution in [-0.2, 0) is 4.74 Å². The fraction of sp³-hybridized carbons (Fsp3) is 0.500. The predicted octanol–water partition coefficient (Wildman–Crippen LogP) is 2.53. The Morgan fingerprint density at radius 1 is 1.30 bits per heavy atom. The van der Waals surface area contributed by atoms with Crippen LogP contribution in [-0.4, -0.2) is 30.5 Å². The molecule has 0 amide bonds. The summed E-state index contributed by atoms with van der Waals surface area (Å²) in [5.74, 6) is 6.29. The number of hydrogen-bond donors (Lipinski definition) is 1. The van der Waals surface area contributed by atoms with E-state index in [1.54, 1.807) is 12.1 Å². The van der Waals surface area contributed by atoms with Crippen LogP contribution in [0.3, 0.4) is 0 Å². The van der Waals surface area contributed by atoms with Crippen LogP contribution < -0.4 is 4.74 Å². The van der Waals surface area contributed by atoms with Gasteiger partial charge in [0.05, 0.1) is 12.7 Å². The van der Waals surface area contributed by atoms with Crippen molar-refractivity contribution in [2.24, 2.45) is 0 Å². The molecule has 0 aromatic heterocycles. The molecule has 2 atom stereocenters. The average Bonchev–Trinajstić information content (AvgIpc) is 2.47.